The van der Waals surface area contributed by atoms with E-state index in [0.29, 0.717) is 12.4 Å². The lowest BCUT2D eigenvalue weighted by molar-refractivity contribution is 0.210. The Kier molecular flexibility index (Phi) is 4.00. The third kappa shape index (κ3) is 2.87. The van der Waals surface area contributed by atoms with E-state index in [2.05, 4.69) is 0 Å². The molecule has 0 bridgehead atoms. The molecule has 1 rings (SSSR count). The maximum atomic E-state index is 13.3. The summed E-state index contributed by atoms with van der Waals surface area (Å²) in [6, 6.07) is 0. The molecule has 0 fully saturated rings. The Morgan fingerprint density at radius 3 is 2.77 bits per heavy atom. The van der Waals surface area contributed by atoms with Crippen LogP contribution in [0.4, 0.5) is 4.39 Å². The molecule has 74 valence electrons. The van der Waals surface area contributed by atoms with Crippen molar-refractivity contribution < 1.29 is 9.13 Å². The Balaban J connectivity index is 2.47. The highest BCUT2D eigenvalue weighted by Crippen LogP contribution is 2.22. The van der Waals surface area contributed by atoms with E-state index in [9.17, 15) is 4.39 Å². The second-order valence-electron chi connectivity index (χ2n) is 3.29. The fourth-order valence-electron chi connectivity index (χ4n) is 1.34. The summed E-state index contributed by atoms with van der Waals surface area (Å²) in [5.74, 6) is 0.716. The maximum Gasteiger partial charge on any atom is 0.128 e. The van der Waals surface area contributed by atoms with E-state index >= 15 is 0 Å². The van der Waals surface area contributed by atoms with Gasteiger partial charge in [0, 0.05) is 5.92 Å². The van der Waals surface area contributed by atoms with Crippen LogP contribution < -0.4 is 0 Å². The third-order valence-electron chi connectivity index (χ3n) is 2.18. The fraction of sp³-hybridized carbons (Fsp3) is 0.636. The number of halogens is 1. The molecule has 2 heteroatoms. The zero-order valence-electron chi connectivity index (χ0n) is 8.29. The minimum atomic E-state index is -0.873. The molecule has 0 amide bonds. The van der Waals surface area contributed by atoms with Crippen molar-refractivity contribution in [3.8, 4) is 0 Å². The summed E-state index contributed by atoms with van der Waals surface area (Å²) in [7, 11) is 0. The van der Waals surface area contributed by atoms with Crippen molar-refractivity contribution in [1.82, 2.24) is 0 Å². The molecule has 2 unspecified atom stereocenters. The van der Waals surface area contributed by atoms with Crippen LogP contribution in [0.25, 0.3) is 0 Å². The average molecular weight is 184 g/mol. The molecule has 2 atom stereocenters. The molecule has 0 aromatic carbocycles. The van der Waals surface area contributed by atoms with E-state index < -0.39 is 6.17 Å². The van der Waals surface area contributed by atoms with Crippen LogP contribution in [0.3, 0.4) is 0 Å². The van der Waals surface area contributed by atoms with Crippen LogP contribution in [0, 0.1) is 5.92 Å². The molecular formula is C11H17FO. The predicted molar refractivity (Wildman–Crippen MR) is 52.1 cm³/mol. The van der Waals surface area contributed by atoms with E-state index in [-0.39, 0.29) is 5.92 Å². The number of hydrogen-bond acceptors (Lipinski definition) is 1. The van der Waals surface area contributed by atoms with Gasteiger partial charge >= 0.3 is 0 Å². The highest BCUT2D eigenvalue weighted by Gasteiger charge is 2.18. The van der Waals surface area contributed by atoms with Crippen LogP contribution in [0.1, 0.15) is 26.7 Å². The Morgan fingerprint density at radius 2 is 2.23 bits per heavy atom. The van der Waals surface area contributed by atoms with Crippen molar-refractivity contribution in [3.05, 3.63) is 24.0 Å². The molecule has 1 nitrogen and oxygen atoms in total. The molecule has 0 saturated carbocycles. The molecule has 0 aromatic heterocycles. The first-order chi connectivity index (χ1) is 6.27. The second-order valence-corrected chi connectivity index (χ2v) is 3.29. The summed E-state index contributed by atoms with van der Waals surface area (Å²) < 4.78 is 18.6. The molecule has 13 heavy (non-hydrogen) atoms. The smallest absolute Gasteiger partial charge is 0.128 e. The van der Waals surface area contributed by atoms with E-state index in [1.165, 1.54) is 0 Å². The third-order valence-corrected chi connectivity index (χ3v) is 2.18. The first-order valence-corrected chi connectivity index (χ1v) is 4.94. The average Bonchev–Trinajstić information content (AvgIpc) is 2.15. The topological polar surface area (TPSA) is 9.23 Å². The lowest BCUT2D eigenvalue weighted by atomic mass is 9.96. The standard InChI is InChI=1S/C11H17FO/c1-3-7-13-10-6-5-9(4-2)11(12)8-10/h5-6,8-9,11H,3-4,7H2,1-2H3. The van der Waals surface area contributed by atoms with E-state index in [1.807, 2.05) is 26.0 Å². The molecule has 0 N–H and O–H groups in total. The maximum absolute atomic E-state index is 13.3. The zero-order valence-corrected chi connectivity index (χ0v) is 8.29. The van der Waals surface area contributed by atoms with Crippen LogP contribution in [-0.4, -0.2) is 12.8 Å². The van der Waals surface area contributed by atoms with Gasteiger partial charge in [0.15, 0.2) is 0 Å². The zero-order chi connectivity index (χ0) is 9.68. The molecule has 0 aromatic rings. The first-order valence-electron chi connectivity index (χ1n) is 4.94. The first kappa shape index (κ1) is 10.3. The van der Waals surface area contributed by atoms with Gasteiger partial charge in [-0.3, -0.25) is 0 Å². The SMILES string of the molecule is CCCOC1=CC(F)C(CC)C=C1. The lowest BCUT2D eigenvalue weighted by Gasteiger charge is -2.18. The molecule has 0 aliphatic heterocycles. The van der Waals surface area contributed by atoms with Crippen LogP contribution in [-0.2, 0) is 4.74 Å². The van der Waals surface area contributed by atoms with Gasteiger partial charge in [0.2, 0.25) is 0 Å². The normalized spacial score (nSPS) is 27.2. The van der Waals surface area contributed by atoms with E-state index in [0.717, 1.165) is 12.8 Å². The van der Waals surface area contributed by atoms with Crippen molar-refractivity contribution in [2.75, 3.05) is 6.61 Å². The van der Waals surface area contributed by atoms with Crippen molar-refractivity contribution in [3.63, 3.8) is 0 Å². The lowest BCUT2D eigenvalue weighted by Crippen LogP contribution is -2.14. The number of alkyl halides is 1. The number of rotatable bonds is 4. The largest absolute Gasteiger partial charge is 0.494 e. The van der Waals surface area contributed by atoms with Crippen LogP contribution in [0.5, 0.6) is 0 Å². The highest BCUT2D eigenvalue weighted by atomic mass is 19.1. The fourth-order valence-corrected chi connectivity index (χ4v) is 1.34. The van der Waals surface area contributed by atoms with Gasteiger partial charge in [0.05, 0.1) is 6.61 Å². The molecular weight excluding hydrogens is 167 g/mol. The van der Waals surface area contributed by atoms with Gasteiger partial charge in [-0.1, -0.05) is 19.9 Å². The van der Waals surface area contributed by atoms with E-state index in [1.54, 1.807) is 6.08 Å². The monoisotopic (exact) mass is 184 g/mol. The van der Waals surface area contributed by atoms with Crippen molar-refractivity contribution in [1.29, 1.82) is 0 Å². The Bertz CT molecular complexity index is 208. The second kappa shape index (κ2) is 5.05. The quantitative estimate of drug-likeness (QED) is 0.651. The molecule has 1 aliphatic rings. The summed E-state index contributed by atoms with van der Waals surface area (Å²) in [5, 5.41) is 0. The van der Waals surface area contributed by atoms with Gasteiger partial charge in [-0.25, -0.2) is 4.39 Å². The van der Waals surface area contributed by atoms with Gasteiger partial charge in [-0.2, -0.15) is 0 Å². The Morgan fingerprint density at radius 1 is 1.46 bits per heavy atom. The predicted octanol–water partition coefficient (Wildman–Crippen LogP) is 3.23. The van der Waals surface area contributed by atoms with Gasteiger partial charge in [-0.15, -0.1) is 0 Å². The van der Waals surface area contributed by atoms with Crippen LogP contribution in [0.15, 0.2) is 24.0 Å². The minimum absolute atomic E-state index is 0.0361. The summed E-state index contributed by atoms with van der Waals surface area (Å²) in [5.41, 5.74) is 0. The highest BCUT2D eigenvalue weighted by molar-refractivity contribution is 5.21. The minimum Gasteiger partial charge on any atom is -0.494 e. The molecule has 0 radical (unpaired) electrons. The Labute approximate surface area is 79.3 Å². The van der Waals surface area contributed by atoms with Crippen LogP contribution in [0.2, 0.25) is 0 Å². The van der Waals surface area contributed by atoms with Crippen molar-refractivity contribution >= 4 is 0 Å². The van der Waals surface area contributed by atoms with Gasteiger partial charge < -0.3 is 4.74 Å². The molecule has 1 aliphatic carbocycles. The summed E-state index contributed by atoms with van der Waals surface area (Å²) in [6.45, 7) is 4.70. The summed E-state index contributed by atoms with van der Waals surface area (Å²) in [4.78, 5) is 0. The number of ether oxygens (including phenoxy) is 1. The Hall–Kier alpha value is -0.790. The molecule has 0 spiro atoms. The van der Waals surface area contributed by atoms with E-state index in [4.69, 9.17) is 4.74 Å². The molecule has 0 saturated heterocycles. The van der Waals surface area contributed by atoms with Crippen molar-refractivity contribution in [2.24, 2.45) is 5.92 Å². The number of hydrogen-bond donors (Lipinski definition) is 0. The van der Waals surface area contributed by atoms with Gasteiger partial charge in [-0.05, 0) is 25.0 Å². The summed E-state index contributed by atoms with van der Waals surface area (Å²) in [6.07, 6.45) is 6.27. The number of allylic oxidation sites excluding steroid dienone is 3. The summed E-state index contributed by atoms with van der Waals surface area (Å²) >= 11 is 0. The van der Waals surface area contributed by atoms with Crippen molar-refractivity contribution in [2.45, 2.75) is 32.9 Å². The van der Waals surface area contributed by atoms with Gasteiger partial charge in [0.25, 0.3) is 0 Å². The van der Waals surface area contributed by atoms with Crippen LogP contribution >= 0.6 is 0 Å². The molecule has 0 heterocycles. The van der Waals surface area contributed by atoms with Gasteiger partial charge in [0.1, 0.15) is 11.9 Å².